The molecule has 0 radical (unpaired) electrons. The number of para-hydroxylation sites is 2. The van der Waals surface area contributed by atoms with Gasteiger partial charge >= 0.3 is 0 Å². The summed E-state index contributed by atoms with van der Waals surface area (Å²) in [5.74, 6) is 0.260. The average Bonchev–Trinajstić information content (AvgIpc) is 3.84. The molecule has 0 fully saturated rings. The third-order valence-electron chi connectivity index (χ3n) is 14.2. The van der Waals surface area contributed by atoms with Crippen LogP contribution in [0.5, 0.6) is 0 Å². The molecule has 2 heteroatoms. The van der Waals surface area contributed by atoms with Crippen molar-refractivity contribution in [3.8, 4) is 39.1 Å². The summed E-state index contributed by atoms with van der Waals surface area (Å²) in [7, 11) is 0. The van der Waals surface area contributed by atoms with Crippen molar-refractivity contribution in [2.75, 3.05) is 4.90 Å². The Balaban J connectivity index is 0.967. The van der Waals surface area contributed by atoms with Gasteiger partial charge in [-0.05, 0) is 140 Å². The van der Waals surface area contributed by atoms with Gasteiger partial charge in [-0.2, -0.15) is 0 Å². The van der Waals surface area contributed by atoms with E-state index in [1.54, 1.807) is 0 Å². The normalized spacial score (nSPS) is 13.0. The van der Waals surface area contributed by atoms with E-state index in [1.807, 2.05) is 0 Å². The average molecular weight is 859 g/mol. The zero-order valence-corrected chi connectivity index (χ0v) is 37.9. The Bertz CT molecular complexity index is 3490. The monoisotopic (exact) mass is 858 g/mol. The molecule has 0 saturated heterocycles. The Morgan fingerprint density at radius 3 is 1.45 bits per heavy atom. The molecule has 1 heterocycles. The van der Waals surface area contributed by atoms with Gasteiger partial charge in [-0.15, -0.1) is 0 Å². The fraction of sp³-hybridized carbons (Fsp3) is 0.0769. The molecule has 1 aromatic heterocycles. The first-order chi connectivity index (χ1) is 33.0. The lowest BCUT2D eigenvalue weighted by Gasteiger charge is -2.25. The van der Waals surface area contributed by atoms with E-state index in [2.05, 4.69) is 272 Å². The van der Waals surface area contributed by atoms with Crippen molar-refractivity contribution in [2.45, 2.75) is 31.6 Å². The smallest absolute Gasteiger partial charge is 0.0541 e. The predicted molar refractivity (Wildman–Crippen MR) is 282 cm³/mol. The summed E-state index contributed by atoms with van der Waals surface area (Å²) in [5, 5.41) is 2.48. The summed E-state index contributed by atoms with van der Waals surface area (Å²) in [5.41, 5.74) is 21.1. The highest BCUT2D eigenvalue weighted by molar-refractivity contribution is 6.11. The van der Waals surface area contributed by atoms with Gasteiger partial charge in [0.05, 0.1) is 11.0 Å². The molecule has 0 amide bonds. The maximum absolute atomic E-state index is 2.48. The van der Waals surface area contributed by atoms with Crippen LogP contribution in [0.15, 0.2) is 249 Å². The second-order valence-electron chi connectivity index (χ2n) is 18.5. The molecular formula is C65H50N2. The minimum Gasteiger partial charge on any atom is -0.311 e. The van der Waals surface area contributed by atoms with Gasteiger partial charge in [0.25, 0.3) is 0 Å². The van der Waals surface area contributed by atoms with Gasteiger partial charge in [-0.3, -0.25) is 0 Å². The summed E-state index contributed by atoms with van der Waals surface area (Å²) in [4.78, 5) is 2.32. The first kappa shape index (κ1) is 40.3. The molecule has 67 heavy (non-hydrogen) atoms. The van der Waals surface area contributed by atoms with Crippen molar-refractivity contribution in [1.29, 1.82) is 0 Å². The molecule has 1 aliphatic carbocycles. The number of nitrogens with zero attached hydrogens (tertiary/aromatic N) is 2. The number of hydrogen-bond donors (Lipinski definition) is 0. The maximum atomic E-state index is 2.48. The van der Waals surface area contributed by atoms with Gasteiger partial charge in [-0.1, -0.05) is 190 Å². The Morgan fingerprint density at radius 1 is 0.388 bits per heavy atom. The molecule has 1 atom stereocenters. The lowest BCUT2D eigenvalue weighted by atomic mass is 9.82. The second kappa shape index (κ2) is 16.7. The van der Waals surface area contributed by atoms with Gasteiger partial charge in [0.1, 0.15) is 0 Å². The first-order valence-corrected chi connectivity index (χ1v) is 23.5. The number of benzene rings is 10. The SMILES string of the molecule is CC1(C)c2ccccc2-c2ccc(-n3c4ccc(-c5ccc(C(Cc6ccccc6)c6ccccc6)cc5)cc4c4cc(-c5ccc(N(c6ccccc6)c6ccccc6)cc5)ccc43)cc21. The fourth-order valence-electron chi connectivity index (χ4n) is 10.8. The highest BCUT2D eigenvalue weighted by Gasteiger charge is 2.35. The summed E-state index contributed by atoms with van der Waals surface area (Å²) < 4.78 is 2.48. The van der Waals surface area contributed by atoms with E-state index in [0.29, 0.717) is 0 Å². The van der Waals surface area contributed by atoms with Crippen LogP contribution in [0.25, 0.3) is 60.9 Å². The number of aromatic nitrogens is 1. The van der Waals surface area contributed by atoms with Gasteiger partial charge in [-0.25, -0.2) is 0 Å². The van der Waals surface area contributed by atoms with E-state index in [9.17, 15) is 0 Å². The Hall–Kier alpha value is -8.20. The van der Waals surface area contributed by atoms with E-state index >= 15 is 0 Å². The Labute approximate surface area is 393 Å². The lowest BCUT2D eigenvalue weighted by Crippen LogP contribution is -2.15. The Kier molecular flexibility index (Phi) is 10.0. The summed E-state index contributed by atoms with van der Waals surface area (Å²) in [6.07, 6.45) is 0.949. The first-order valence-electron chi connectivity index (χ1n) is 23.5. The Morgan fingerprint density at radius 2 is 0.851 bits per heavy atom. The summed E-state index contributed by atoms with van der Waals surface area (Å²) in [6, 6.07) is 91.5. The molecule has 0 spiro atoms. The third-order valence-corrected chi connectivity index (χ3v) is 14.2. The third kappa shape index (κ3) is 7.23. The van der Waals surface area contributed by atoms with Crippen LogP contribution in [-0.4, -0.2) is 4.57 Å². The van der Waals surface area contributed by atoms with Crippen LogP contribution in [0.2, 0.25) is 0 Å². The summed E-state index contributed by atoms with van der Waals surface area (Å²) in [6.45, 7) is 4.73. The maximum Gasteiger partial charge on any atom is 0.0541 e. The van der Waals surface area contributed by atoms with Crippen LogP contribution < -0.4 is 4.90 Å². The number of fused-ring (bicyclic) bond motifs is 6. The van der Waals surface area contributed by atoms with Crippen molar-refractivity contribution in [3.05, 3.63) is 277 Å². The molecule has 12 rings (SSSR count). The minimum absolute atomic E-state index is 0.101. The minimum atomic E-state index is -0.101. The van der Waals surface area contributed by atoms with Crippen molar-refractivity contribution in [1.82, 2.24) is 4.57 Å². The van der Waals surface area contributed by atoms with Gasteiger partial charge < -0.3 is 9.47 Å². The van der Waals surface area contributed by atoms with Crippen molar-refractivity contribution in [2.24, 2.45) is 0 Å². The van der Waals surface area contributed by atoms with Crippen molar-refractivity contribution in [3.63, 3.8) is 0 Å². The van der Waals surface area contributed by atoms with E-state index in [1.165, 1.54) is 88.7 Å². The summed E-state index contributed by atoms with van der Waals surface area (Å²) >= 11 is 0. The predicted octanol–water partition coefficient (Wildman–Crippen LogP) is 17.3. The molecule has 0 N–H and O–H groups in total. The molecule has 1 aliphatic rings. The topological polar surface area (TPSA) is 8.17 Å². The van der Waals surface area contributed by atoms with Crippen molar-refractivity contribution >= 4 is 38.9 Å². The zero-order valence-electron chi connectivity index (χ0n) is 37.9. The van der Waals surface area contributed by atoms with Crippen LogP contribution in [0.3, 0.4) is 0 Å². The molecular weight excluding hydrogens is 809 g/mol. The molecule has 2 nitrogen and oxygen atoms in total. The quantitative estimate of drug-likeness (QED) is 0.133. The standard InChI is InChI=1S/C65H50N2/c1-65(2)61-26-16-15-25-56(61)57-38-37-55(44-62(57)65)67-63-39-33-50(46-27-29-49(30-28-46)58(48-19-9-4-10-20-48)41-45-17-7-3-8-18-45)42-59(63)60-43-51(34-40-64(60)67)47-31-35-54(36-32-47)66(52-21-11-5-12-22-52)53-23-13-6-14-24-53/h3-40,42-44,58H,41H2,1-2H3. The highest BCUT2D eigenvalue weighted by atomic mass is 15.1. The number of rotatable bonds is 10. The number of hydrogen-bond acceptors (Lipinski definition) is 1. The number of anilines is 3. The highest BCUT2D eigenvalue weighted by Crippen LogP contribution is 2.50. The van der Waals surface area contributed by atoms with Gasteiger partial charge in [0, 0.05) is 44.9 Å². The molecule has 10 aromatic carbocycles. The molecule has 320 valence electrons. The van der Waals surface area contributed by atoms with Crippen LogP contribution in [0.1, 0.15) is 47.6 Å². The van der Waals surface area contributed by atoms with E-state index < -0.39 is 0 Å². The van der Waals surface area contributed by atoms with Gasteiger partial charge in [0.2, 0.25) is 0 Å². The van der Waals surface area contributed by atoms with E-state index in [4.69, 9.17) is 0 Å². The van der Waals surface area contributed by atoms with Crippen molar-refractivity contribution < 1.29 is 0 Å². The molecule has 1 unspecified atom stereocenters. The van der Waals surface area contributed by atoms with Crippen LogP contribution in [-0.2, 0) is 11.8 Å². The van der Waals surface area contributed by atoms with E-state index in [-0.39, 0.29) is 11.3 Å². The second-order valence-corrected chi connectivity index (χ2v) is 18.5. The molecule has 0 aliphatic heterocycles. The van der Waals surface area contributed by atoms with Gasteiger partial charge in [0.15, 0.2) is 0 Å². The van der Waals surface area contributed by atoms with Crippen LogP contribution >= 0.6 is 0 Å². The molecule has 0 saturated carbocycles. The fourth-order valence-corrected chi connectivity index (χ4v) is 10.8. The van der Waals surface area contributed by atoms with E-state index in [0.717, 1.165) is 23.5 Å². The van der Waals surface area contributed by atoms with Crippen LogP contribution in [0, 0.1) is 0 Å². The molecule has 11 aromatic rings. The van der Waals surface area contributed by atoms with Crippen LogP contribution in [0.4, 0.5) is 17.1 Å². The molecule has 0 bridgehead atoms. The zero-order chi connectivity index (χ0) is 44.9. The largest absolute Gasteiger partial charge is 0.311 e. The lowest BCUT2D eigenvalue weighted by molar-refractivity contribution is 0.660.